The predicted octanol–water partition coefficient (Wildman–Crippen LogP) is 4.73. The molecule has 1 aromatic heterocycles. The summed E-state index contributed by atoms with van der Waals surface area (Å²) >= 11 is 3.99. The minimum absolute atomic E-state index is 0.0376. The first-order chi connectivity index (χ1) is 13.8. The molecule has 3 aromatic rings. The number of thioether (sulfide) groups is 2. The third kappa shape index (κ3) is 4.80. The summed E-state index contributed by atoms with van der Waals surface area (Å²) < 4.78 is 2.39. The highest BCUT2D eigenvalue weighted by atomic mass is 32.2. The molecule has 0 spiro atoms. The number of aromatic nitrogens is 2. The van der Waals surface area contributed by atoms with E-state index in [1.54, 1.807) is 6.20 Å². The van der Waals surface area contributed by atoms with E-state index < -0.39 is 0 Å². The van der Waals surface area contributed by atoms with Crippen LogP contribution in [-0.2, 0) is 13.1 Å². The largest absolute Gasteiger partial charge is 0.348 e. The maximum absolute atomic E-state index is 12.6. The Hall–Kier alpha value is -2.18. The van der Waals surface area contributed by atoms with Crippen LogP contribution in [0.1, 0.15) is 38.1 Å². The van der Waals surface area contributed by atoms with Crippen molar-refractivity contribution >= 4 is 29.4 Å². The number of nitrogens with one attached hydrogen (secondary N) is 1. The van der Waals surface area contributed by atoms with Gasteiger partial charge in [-0.05, 0) is 52.8 Å². The Kier molecular flexibility index (Phi) is 6.39. The van der Waals surface area contributed by atoms with Gasteiger partial charge in [-0.15, -0.1) is 23.5 Å². The third-order valence-corrected chi connectivity index (χ3v) is 7.74. The van der Waals surface area contributed by atoms with E-state index in [1.165, 1.54) is 23.5 Å². The van der Waals surface area contributed by atoms with Gasteiger partial charge in [-0.1, -0.05) is 36.4 Å². The second-order valence-electron chi connectivity index (χ2n) is 6.70. The number of amides is 1. The number of hydrogen-bond donors (Lipinski definition) is 1. The van der Waals surface area contributed by atoms with E-state index in [1.807, 2.05) is 64.7 Å². The molecule has 1 saturated heterocycles. The van der Waals surface area contributed by atoms with E-state index in [0.717, 1.165) is 11.1 Å². The molecule has 0 bridgehead atoms. The molecule has 1 N–H and O–H groups in total. The van der Waals surface area contributed by atoms with Crippen molar-refractivity contribution in [1.82, 2.24) is 15.1 Å². The highest BCUT2D eigenvalue weighted by Crippen LogP contribution is 2.43. The molecule has 2 aromatic carbocycles. The van der Waals surface area contributed by atoms with Crippen molar-refractivity contribution in [1.29, 1.82) is 0 Å². The number of carbonyl (C=O) groups excluding carboxylic acids is 1. The van der Waals surface area contributed by atoms with Gasteiger partial charge in [0, 0.05) is 24.5 Å². The highest BCUT2D eigenvalue weighted by molar-refractivity contribution is 8.16. The van der Waals surface area contributed by atoms with Crippen LogP contribution in [0.5, 0.6) is 0 Å². The summed E-state index contributed by atoms with van der Waals surface area (Å²) in [4.78, 5) is 12.6. The normalized spacial score (nSPS) is 14.7. The average Bonchev–Trinajstić information content (AvgIpc) is 3.27. The smallest absolute Gasteiger partial charge is 0.251 e. The van der Waals surface area contributed by atoms with E-state index in [2.05, 4.69) is 34.7 Å². The molecule has 4 nitrogen and oxygen atoms in total. The van der Waals surface area contributed by atoms with Crippen LogP contribution in [0.3, 0.4) is 0 Å². The molecule has 0 unspecified atom stereocenters. The fourth-order valence-electron chi connectivity index (χ4n) is 3.20. The van der Waals surface area contributed by atoms with E-state index in [4.69, 9.17) is 0 Å². The minimum atomic E-state index is -0.0376. The van der Waals surface area contributed by atoms with E-state index in [9.17, 15) is 4.79 Å². The first kappa shape index (κ1) is 19.2. The van der Waals surface area contributed by atoms with Gasteiger partial charge < -0.3 is 5.32 Å². The van der Waals surface area contributed by atoms with Gasteiger partial charge in [0.25, 0.3) is 5.91 Å². The van der Waals surface area contributed by atoms with Crippen molar-refractivity contribution in [2.75, 3.05) is 11.5 Å². The van der Waals surface area contributed by atoms with Crippen LogP contribution in [0.25, 0.3) is 0 Å². The van der Waals surface area contributed by atoms with Crippen LogP contribution in [-0.4, -0.2) is 27.2 Å². The van der Waals surface area contributed by atoms with Gasteiger partial charge >= 0.3 is 0 Å². The van der Waals surface area contributed by atoms with Crippen molar-refractivity contribution in [3.8, 4) is 0 Å². The fraction of sp³-hybridized carbons (Fsp3) is 0.273. The first-order valence-electron chi connectivity index (χ1n) is 9.45. The third-order valence-electron chi connectivity index (χ3n) is 4.72. The molecule has 1 aliphatic rings. The number of carbonyl (C=O) groups is 1. The molecule has 28 heavy (non-hydrogen) atoms. The minimum Gasteiger partial charge on any atom is -0.348 e. The monoisotopic (exact) mass is 409 g/mol. The molecule has 1 fully saturated rings. The highest BCUT2D eigenvalue weighted by Gasteiger charge is 2.17. The van der Waals surface area contributed by atoms with E-state index in [-0.39, 0.29) is 5.91 Å². The molecule has 4 rings (SSSR count). The van der Waals surface area contributed by atoms with E-state index >= 15 is 0 Å². The number of rotatable bonds is 6. The molecule has 0 aliphatic carbocycles. The fourth-order valence-corrected chi connectivity index (χ4v) is 6.10. The molecular weight excluding hydrogens is 386 g/mol. The van der Waals surface area contributed by atoms with Gasteiger partial charge in [-0.3, -0.25) is 9.48 Å². The predicted molar refractivity (Wildman–Crippen MR) is 118 cm³/mol. The van der Waals surface area contributed by atoms with E-state index in [0.29, 0.717) is 23.2 Å². The molecule has 0 saturated carbocycles. The number of nitrogens with zero attached hydrogens (tertiary/aromatic N) is 2. The van der Waals surface area contributed by atoms with Crippen LogP contribution in [0.2, 0.25) is 0 Å². The Balaban J connectivity index is 1.38. The van der Waals surface area contributed by atoms with Crippen LogP contribution in [0, 0.1) is 0 Å². The van der Waals surface area contributed by atoms with Gasteiger partial charge in [0.1, 0.15) is 0 Å². The lowest BCUT2D eigenvalue weighted by Crippen LogP contribution is -2.23. The molecule has 144 valence electrons. The lowest BCUT2D eigenvalue weighted by atomic mass is 10.1. The molecule has 1 amide bonds. The number of benzene rings is 2. The topological polar surface area (TPSA) is 46.9 Å². The van der Waals surface area contributed by atoms with Crippen molar-refractivity contribution in [2.24, 2.45) is 0 Å². The molecule has 0 atom stereocenters. The maximum Gasteiger partial charge on any atom is 0.251 e. The maximum atomic E-state index is 12.6. The van der Waals surface area contributed by atoms with Crippen molar-refractivity contribution in [2.45, 2.75) is 24.1 Å². The zero-order valence-corrected chi connectivity index (χ0v) is 17.2. The molecule has 6 heteroatoms. The van der Waals surface area contributed by atoms with Crippen molar-refractivity contribution in [3.05, 3.63) is 89.2 Å². The Morgan fingerprint density at radius 2 is 1.79 bits per heavy atom. The standard InChI is InChI=1S/C22H23N3OS2/c26-21(17-7-9-18(10-8-17)22-27-13-4-14-28-22)23-15-19-5-1-2-6-20(19)16-25-12-3-11-24-25/h1-3,5-12,22H,4,13-16H2,(H,23,26). The Labute approximate surface area is 174 Å². The molecule has 0 radical (unpaired) electrons. The molecule has 1 aliphatic heterocycles. The van der Waals surface area contributed by atoms with Crippen molar-refractivity contribution in [3.63, 3.8) is 0 Å². The summed E-state index contributed by atoms with van der Waals surface area (Å²) in [7, 11) is 0. The Morgan fingerprint density at radius 1 is 1.04 bits per heavy atom. The summed E-state index contributed by atoms with van der Waals surface area (Å²) in [5.41, 5.74) is 4.28. The van der Waals surface area contributed by atoms with Gasteiger partial charge in [0.15, 0.2) is 0 Å². The van der Waals surface area contributed by atoms with Crippen molar-refractivity contribution < 1.29 is 4.79 Å². The first-order valence-corrected chi connectivity index (χ1v) is 11.5. The number of hydrogen-bond acceptors (Lipinski definition) is 4. The van der Waals surface area contributed by atoms with Crippen LogP contribution < -0.4 is 5.32 Å². The second-order valence-corrected chi connectivity index (χ2v) is 9.43. The average molecular weight is 410 g/mol. The zero-order chi connectivity index (χ0) is 19.2. The van der Waals surface area contributed by atoms with Crippen LogP contribution >= 0.6 is 23.5 Å². The van der Waals surface area contributed by atoms with Gasteiger partial charge in [0.05, 0.1) is 11.1 Å². The summed E-state index contributed by atoms with van der Waals surface area (Å²) in [5.74, 6) is 2.40. The Bertz CT molecular complexity index is 904. The van der Waals surface area contributed by atoms with Crippen LogP contribution in [0.15, 0.2) is 67.0 Å². The molecular formula is C22H23N3OS2. The van der Waals surface area contributed by atoms with Gasteiger partial charge in [-0.2, -0.15) is 5.10 Å². The van der Waals surface area contributed by atoms with Gasteiger partial charge in [0.2, 0.25) is 0 Å². The SMILES string of the molecule is O=C(NCc1ccccc1Cn1cccn1)c1ccc(C2SCCCS2)cc1. The Morgan fingerprint density at radius 3 is 2.50 bits per heavy atom. The summed E-state index contributed by atoms with van der Waals surface area (Å²) in [6.45, 7) is 1.21. The quantitative estimate of drug-likeness (QED) is 0.639. The van der Waals surface area contributed by atoms with Crippen LogP contribution in [0.4, 0.5) is 0 Å². The summed E-state index contributed by atoms with van der Waals surface area (Å²) in [6, 6.07) is 18.1. The van der Waals surface area contributed by atoms with Gasteiger partial charge in [-0.25, -0.2) is 0 Å². The summed E-state index contributed by atoms with van der Waals surface area (Å²) in [6.07, 6.45) is 5.01. The summed E-state index contributed by atoms with van der Waals surface area (Å²) in [5, 5.41) is 7.32. The lowest BCUT2D eigenvalue weighted by Gasteiger charge is -2.21. The zero-order valence-electron chi connectivity index (χ0n) is 15.6. The lowest BCUT2D eigenvalue weighted by molar-refractivity contribution is 0.0951. The molecule has 2 heterocycles. The second kappa shape index (κ2) is 9.34.